The SMILES string of the molecule is CCCCCc1cc2nc(S(C)(=O)=O)cnc2n1Cc1ccc(F)cc1. The molecule has 0 atom stereocenters. The van der Waals surface area contributed by atoms with E-state index in [4.69, 9.17) is 0 Å². The van der Waals surface area contributed by atoms with Crippen molar-refractivity contribution in [1.29, 1.82) is 0 Å². The van der Waals surface area contributed by atoms with Crippen LogP contribution in [0.3, 0.4) is 0 Å². The molecule has 2 aromatic heterocycles. The van der Waals surface area contributed by atoms with Crippen molar-refractivity contribution in [1.82, 2.24) is 14.5 Å². The summed E-state index contributed by atoms with van der Waals surface area (Å²) < 4.78 is 38.7. The topological polar surface area (TPSA) is 64.8 Å². The van der Waals surface area contributed by atoms with Gasteiger partial charge in [0.25, 0.3) is 0 Å². The molecule has 0 unspecified atom stereocenters. The van der Waals surface area contributed by atoms with Gasteiger partial charge in [0.1, 0.15) is 11.3 Å². The Bertz CT molecular complexity index is 1010. The van der Waals surface area contributed by atoms with Gasteiger partial charge in [-0.05, 0) is 36.6 Å². The maximum Gasteiger partial charge on any atom is 0.194 e. The van der Waals surface area contributed by atoms with Gasteiger partial charge in [0.05, 0.1) is 6.20 Å². The molecule has 138 valence electrons. The lowest BCUT2D eigenvalue weighted by Crippen LogP contribution is -2.07. The van der Waals surface area contributed by atoms with Crippen LogP contribution in [-0.2, 0) is 22.8 Å². The first-order valence-electron chi connectivity index (χ1n) is 8.68. The summed E-state index contributed by atoms with van der Waals surface area (Å²) in [5.74, 6) is -0.271. The van der Waals surface area contributed by atoms with Crippen molar-refractivity contribution in [3.63, 3.8) is 0 Å². The number of halogens is 1. The number of hydrogen-bond acceptors (Lipinski definition) is 4. The third kappa shape index (κ3) is 4.09. The third-order valence-electron chi connectivity index (χ3n) is 4.33. The highest BCUT2D eigenvalue weighted by Gasteiger charge is 2.16. The van der Waals surface area contributed by atoms with E-state index in [1.807, 2.05) is 10.6 Å². The van der Waals surface area contributed by atoms with Gasteiger partial charge in [-0.3, -0.25) is 0 Å². The molecule has 0 radical (unpaired) electrons. The Morgan fingerprint density at radius 3 is 2.54 bits per heavy atom. The molecule has 0 N–H and O–H groups in total. The molecule has 2 heterocycles. The van der Waals surface area contributed by atoms with E-state index in [9.17, 15) is 12.8 Å². The normalized spacial score (nSPS) is 12.0. The zero-order valence-corrected chi connectivity index (χ0v) is 15.8. The van der Waals surface area contributed by atoms with Crippen LogP contribution < -0.4 is 0 Å². The lowest BCUT2D eigenvalue weighted by Gasteiger charge is -2.10. The average molecular weight is 375 g/mol. The summed E-state index contributed by atoms with van der Waals surface area (Å²) in [6.07, 6.45) is 6.56. The number of fused-ring (bicyclic) bond motifs is 1. The lowest BCUT2D eigenvalue weighted by molar-refractivity contribution is 0.598. The summed E-state index contributed by atoms with van der Waals surface area (Å²) in [6.45, 7) is 2.69. The monoisotopic (exact) mass is 375 g/mol. The maximum atomic E-state index is 13.2. The smallest absolute Gasteiger partial charge is 0.194 e. The molecular weight excluding hydrogens is 353 g/mol. The number of aromatic nitrogens is 3. The molecule has 5 nitrogen and oxygen atoms in total. The van der Waals surface area contributed by atoms with Gasteiger partial charge in [-0.2, -0.15) is 0 Å². The molecule has 0 aliphatic carbocycles. The number of nitrogens with zero attached hydrogens (tertiary/aromatic N) is 3. The van der Waals surface area contributed by atoms with Crippen molar-refractivity contribution in [2.75, 3.05) is 6.26 Å². The van der Waals surface area contributed by atoms with E-state index in [1.165, 1.54) is 18.3 Å². The third-order valence-corrected chi connectivity index (χ3v) is 5.29. The molecule has 1 aromatic carbocycles. The van der Waals surface area contributed by atoms with E-state index in [0.717, 1.165) is 43.2 Å². The number of unbranched alkanes of at least 4 members (excludes halogenated alkanes) is 2. The van der Waals surface area contributed by atoms with Crippen molar-refractivity contribution in [2.45, 2.75) is 44.2 Å². The summed E-state index contributed by atoms with van der Waals surface area (Å²) in [4.78, 5) is 8.64. The molecule has 0 aliphatic rings. The summed E-state index contributed by atoms with van der Waals surface area (Å²) in [6, 6.07) is 8.28. The van der Waals surface area contributed by atoms with Gasteiger partial charge >= 0.3 is 0 Å². The van der Waals surface area contributed by atoms with E-state index in [2.05, 4.69) is 16.9 Å². The second-order valence-corrected chi connectivity index (χ2v) is 8.46. The number of rotatable bonds is 7. The van der Waals surface area contributed by atoms with Crippen molar-refractivity contribution in [3.8, 4) is 0 Å². The van der Waals surface area contributed by atoms with Crippen molar-refractivity contribution >= 4 is 21.0 Å². The molecule has 0 aliphatic heterocycles. The highest BCUT2D eigenvalue weighted by molar-refractivity contribution is 7.90. The van der Waals surface area contributed by atoms with Gasteiger partial charge in [0, 0.05) is 18.5 Å². The molecule has 0 fully saturated rings. The Labute approximate surface area is 152 Å². The number of sulfone groups is 1. The van der Waals surface area contributed by atoms with E-state index >= 15 is 0 Å². The fourth-order valence-corrected chi connectivity index (χ4v) is 3.46. The second kappa shape index (κ2) is 7.53. The van der Waals surface area contributed by atoms with Crippen LogP contribution in [0.15, 0.2) is 41.6 Å². The Morgan fingerprint density at radius 2 is 1.88 bits per heavy atom. The predicted molar refractivity (Wildman–Crippen MR) is 99.4 cm³/mol. The molecule has 3 rings (SSSR count). The molecule has 0 saturated carbocycles. The summed E-state index contributed by atoms with van der Waals surface area (Å²) >= 11 is 0. The molecule has 0 saturated heterocycles. The zero-order chi connectivity index (χ0) is 18.7. The number of benzene rings is 1. The molecule has 26 heavy (non-hydrogen) atoms. The van der Waals surface area contributed by atoms with Gasteiger partial charge in [0.2, 0.25) is 0 Å². The first-order chi connectivity index (χ1) is 12.4. The van der Waals surface area contributed by atoms with Gasteiger partial charge < -0.3 is 4.57 Å². The minimum atomic E-state index is -3.41. The van der Waals surface area contributed by atoms with Crippen LogP contribution in [0.1, 0.15) is 37.4 Å². The second-order valence-electron chi connectivity index (χ2n) is 6.49. The lowest BCUT2D eigenvalue weighted by atomic mass is 10.1. The van der Waals surface area contributed by atoms with Crippen LogP contribution in [0, 0.1) is 5.82 Å². The van der Waals surface area contributed by atoms with Crippen molar-refractivity contribution < 1.29 is 12.8 Å². The van der Waals surface area contributed by atoms with Gasteiger partial charge in [-0.15, -0.1) is 0 Å². The van der Waals surface area contributed by atoms with Crippen LogP contribution >= 0.6 is 0 Å². The van der Waals surface area contributed by atoms with Gasteiger partial charge in [0.15, 0.2) is 20.5 Å². The Balaban J connectivity index is 2.04. The summed E-state index contributed by atoms with van der Waals surface area (Å²) in [5.41, 5.74) is 3.23. The van der Waals surface area contributed by atoms with Crippen LogP contribution in [0.2, 0.25) is 0 Å². The highest BCUT2D eigenvalue weighted by atomic mass is 32.2. The molecule has 0 bridgehead atoms. The Hall–Kier alpha value is -2.28. The molecule has 7 heteroatoms. The molecule has 0 amide bonds. The summed E-state index contributed by atoms with van der Waals surface area (Å²) in [5, 5.41) is -0.0240. The van der Waals surface area contributed by atoms with E-state index in [1.54, 1.807) is 12.1 Å². The predicted octanol–water partition coefficient (Wildman–Crippen LogP) is 3.75. The average Bonchev–Trinajstić information content (AvgIpc) is 2.93. The largest absolute Gasteiger partial charge is 0.324 e. The van der Waals surface area contributed by atoms with E-state index in [0.29, 0.717) is 17.7 Å². The zero-order valence-electron chi connectivity index (χ0n) is 14.9. The van der Waals surface area contributed by atoms with Gasteiger partial charge in [-0.25, -0.2) is 22.8 Å². The summed E-state index contributed by atoms with van der Waals surface area (Å²) in [7, 11) is -3.41. The standard InChI is InChI=1S/C19H22FN3O2S/c1-3-4-5-6-16-11-17-19(21-12-18(22-17)26(2,24)25)23(16)13-14-7-9-15(20)10-8-14/h7-12H,3-6,13H2,1-2H3. The molecule has 0 spiro atoms. The van der Waals surface area contributed by atoms with E-state index in [-0.39, 0.29) is 10.8 Å². The number of aryl methyl sites for hydroxylation is 1. The molecular formula is C19H22FN3O2S. The van der Waals surface area contributed by atoms with Crippen molar-refractivity contribution in [2.24, 2.45) is 0 Å². The van der Waals surface area contributed by atoms with Crippen LogP contribution in [0.25, 0.3) is 11.2 Å². The van der Waals surface area contributed by atoms with Crippen LogP contribution in [-0.4, -0.2) is 29.2 Å². The Morgan fingerprint density at radius 1 is 1.15 bits per heavy atom. The van der Waals surface area contributed by atoms with Crippen LogP contribution in [0.4, 0.5) is 4.39 Å². The van der Waals surface area contributed by atoms with Gasteiger partial charge in [-0.1, -0.05) is 31.9 Å². The first-order valence-corrected chi connectivity index (χ1v) is 10.6. The highest BCUT2D eigenvalue weighted by Crippen LogP contribution is 2.21. The first kappa shape index (κ1) is 18.5. The van der Waals surface area contributed by atoms with Crippen molar-refractivity contribution in [3.05, 3.63) is 53.6 Å². The Kier molecular flexibility index (Phi) is 5.36. The fraction of sp³-hybridized carbons (Fsp3) is 0.368. The van der Waals surface area contributed by atoms with Crippen LogP contribution in [0.5, 0.6) is 0 Å². The maximum absolute atomic E-state index is 13.2. The quantitative estimate of drug-likeness (QED) is 0.590. The molecule has 3 aromatic rings. The van der Waals surface area contributed by atoms with E-state index < -0.39 is 9.84 Å². The number of hydrogen-bond donors (Lipinski definition) is 0. The fourth-order valence-electron chi connectivity index (χ4n) is 2.95. The minimum Gasteiger partial charge on any atom is -0.324 e. The minimum absolute atomic E-state index is 0.0240.